The highest BCUT2D eigenvalue weighted by molar-refractivity contribution is 6.04. The number of carbonyl (C=O) groups excluding carboxylic acids is 1. The number of alkyl halides is 6. The Labute approximate surface area is 211 Å². The number of hydrogen-bond donors (Lipinski definition) is 2. The van der Waals surface area contributed by atoms with Crippen LogP contribution in [0.2, 0.25) is 0 Å². The zero-order chi connectivity index (χ0) is 27.5. The summed E-state index contributed by atoms with van der Waals surface area (Å²) in [5.74, 6) is -0.639. The summed E-state index contributed by atoms with van der Waals surface area (Å²) in [7, 11) is 0. The molecular weight excluding hydrogens is 516 g/mol. The van der Waals surface area contributed by atoms with Gasteiger partial charge in [-0.05, 0) is 53.1 Å². The molecule has 0 saturated carbocycles. The Kier molecular flexibility index (Phi) is 7.53. The van der Waals surface area contributed by atoms with Crippen LogP contribution in [0.5, 0.6) is 0 Å². The normalized spacial score (nSPS) is 12.1. The number of nitrogens with zero attached hydrogens (tertiary/aromatic N) is 1. The molecule has 0 unspecified atom stereocenters. The predicted molar refractivity (Wildman–Crippen MR) is 126 cm³/mol. The van der Waals surface area contributed by atoms with Crippen molar-refractivity contribution in [2.45, 2.75) is 19.0 Å². The third kappa shape index (κ3) is 6.20. The minimum Gasteiger partial charge on any atom is -0.375 e. The molecule has 3 aromatic carbocycles. The number of benzene rings is 3. The molecule has 0 aliphatic carbocycles. The summed E-state index contributed by atoms with van der Waals surface area (Å²) < 4.78 is 83.2. The maximum atomic E-state index is 13.3. The maximum absolute atomic E-state index is 13.3. The number of H-pyrrole nitrogens is 1. The van der Waals surface area contributed by atoms with E-state index in [0.717, 1.165) is 30.6 Å². The fourth-order valence-corrected chi connectivity index (χ4v) is 3.72. The van der Waals surface area contributed by atoms with E-state index in [0.29, 0.717) is 5.56 Å². The molecule has 6 nitrogen and oxygen atoms in total. The van der Waals surface area contributed by atoms with Gasteiger partial charge in [0.05, 0.1) is 41.6 Å². The van der Waals surface area contributed by atoms with Crippen LogP contribution in [0.25, 0.3) is 22.0 Å². The van der Waals surface area contributed by atoms with Gasteiger partial charge < -0.3 is 15.0 Å². The first-order chi connectivity index (χ1) is 17.9. The summed E-state index contributed by atoms with van der Waals surface area (Å²) in [5.41, 5.74) is -1.37. The second-order valence-electron chi connectivity index (χ2n) is 8.23. The first-order valence-electron chi connectivity index (χ1n) is 11.1. The Morgan fingerprint density at radius 3 is 2.32 bits per heavy atom. The largest absolute Gasteiger partial charge is 0.416 e. The van der Waals surface area contributed by atoms with Crippen molar-refractivity contribution in [1.82, 2.24) is 15.3 Å². The highest BCUT2D eigenvalue weighted by atomic mass is 19.4. The highest BCUT2D eigenvalue weighted by Gasteiger charge is 2.31. The van der Waals surface area contributed by atoms with E-state index in [1.54, 1.807) is 0 Å². The van der Waals surface area contributed by atoms with Crippen molar-refractivity contribution in [3.63, 3.8) is 0 Å². The van der Waals surface area contributed by atoms with E-state index in [9.17, 15) is 35.9 Å². The fourth-order valence-electron chi connectivity index (χ4n) is 3.72. The van der Waals surface area contributed by atoms with E-state index >= 15 is 0 Å². The van der Waals surface area contributed by atoms with E-state index in [2.05, 4.69) is 15.3 Å². The highest BCUT2D eigenvalue weighted by Crippen LogP contribution is 2.34. The zero-order valence-corrected chi connectivity index (χ0v) is 19.4. The van der Waals surface area contributed by atoms with Gasteiger partial charge in [0.25, 0.3) is 11.5 Å². The maximum Gasteiger partial charge on any atom is 0.416 e. The van der Waals surface area contributed by atoms with Gasteiger partial charge in [-0.3, -0.25) is 9.59 Å². The lowest BCUT2D eigenvalue weighted by Gasteiger charge is -2.14. The van der Waals surface area contributed by atoms with Crippen molar-refractivity contribution in [1.29, 1.82) is 0 Å². The SMILES string of the molecule is O=C(NCCOCc1ccc(C(F)(F)F)cc1)c1cc2nc[nH]c(=O)c2cc1-c1cccc(C(F)(F)F)c1. The third-order valence-corrected chi connectivity index (χ3v) is 5.61. The second kappa shape index (κ2) is 10.7. The Hall–Kier alpha value is -4.19. The Morgan fingerprint density at radius 1 is 0.921 bits per heavy atom. The van der Waals surface area contributed by atoms with Gasteiger partial charge in [-0.1, -0.05) is 24.3 Å². The van der Waals surface area contributed by atoms with Crippen LogP contribution in [-0.4, -0.2) is 29.0 Å². The molecule has 12 heteroatoms. The summed E-state index contributed by atoms with van der Waals surface area (Å²) in [6.07, 6.45) is -7.91. The lowest BCUT2D eigenvalue weighted by molar-refractivity contribution is -0.138. The van der Waals surface area contributed by atoms with Crippen LogP contribution in [0.3, 0.4) is 0 Å². The van der Waals surface area contributed by atoms with Crippen LogP contribution in [0, 0.1) is 0 Å². The van der Waals surface area contributed by atoms with Crippen molar-refractivity contribution >= 4 is 16.8 Å². The topological polar surface area (TPSA) is 84.1 Å². The molecule has 0 aliphatic heterocycles. The van der Waals surface area contributed by atoms with Crippen molar-refractivity contribution in [3.05, 3.63) is 99.6 Å². The molecule has 38 heavy (non-hydrogen) atoms. The molecule has 4 rings (SSSR count). The number of aromatic nitrogens is 2. The monoisotopic (exact) mass is 535 g/mol. The average Bonchev–Trinajstić information content (AvgIpc) is 2.87. The molecule has 1 heterocycles. The van der Waals surface area contributed by atoms with Crippen LogP contribution in [0.1, 0.15) is 27.0 Å². The van der Waals surface area contributed by atoms with Crippen LogP contribution in [0.15, 0.2) is 71.8 Å². The lowest BCUT2D eigenvalue weighted by Crippen LogP contribution is -2.28. The molecule has 0 fully saturated rings. The quantitative estimate of drug-likeness (QED) is 0.239. The molecule has 0 atom stereocenters. The molecule has 1 amide bonds. The second-order valence-corrected chi connectivity index (χ2v) is 8.23. The van der Waals surface area contributed by atoms with Crippen LogP contribution < -0.4 is 10.9 Å². The van der Waals surface area contributed by atoms with Crippen LogP contribution >= 0.6 is 0 Å². The Morgan fingerprint density at radius 2 is 1.63 bits per heavy atom. The molecule has 0 saturated heterocycles. The number of amides is 1. The summed E-state index contributed by atoms with van der Waals surface area (Å²) in [4.78, 5) is 31.7. The van der Waals surface area contributed by atoms with E-state index in [-0.39, 0.29) is 47.4 Å². The van der Waals surface area contributed by atoms with Gasteiger partial charge in [-0.15, -0.1) is 0 Å². The van der Waals surface area contributed by atoms with Crippen LogP contribution in [0.4, 0.5) is 26.3 Å². The standard InChI is InChI=1S/C26H19F6N3O3/c27-25(28,29)17-6-4-15(5-7-17)13-38-9-8-33-23(36)20-12-22-21(24(37)35-14-34-22)11-19(20)16-2-1-3-18(10-16)26(30,31)32/h1-7,10-12,14H,8-9,13H2,(H,33,36)(H,34,35,37). The van der Waals surface area contributed by atoms with E-state index in [1.165, 1.54) is 36.4 Å². The van der Waals surface area contributed by atoms with E-state index in [4.69, 9.17) is 4.74 Å². The molecule has 198 valence electrons. The van der Waals surface area contributed by atoms with Gasteiger partial charge >= 0.3 is 12.4 Å². The van der Waals surface area contributed by atoms with Gasteiger partial charge in [0.15, 0.2) is 0 Å². The van der Waals surface area contributed by atoms with Crippen molar-refractivity contribution in [2.75, 3.05) is 13.2 Å². The van der Waals surface area contributed by atoms with Crippen molar-refractivity contribution < 1.29 is 35.9 Å². The zero-order valence-electron chi connectivity index (χ0n) is 19.4. The van der Waals surface area contributed by atoms with Gasteiger partial charge in [-0.2, -0.15) is 26.3 Å². The van der Waals surface area contributed by atoms with Crippen molar-refractivity contribution in [2.24, 2.45) is 0 Å². The molecular formula is C26H19F6N3O3. The third-order valence-electron chi connectivity index (χ3n) is 5.61. The molecule has 0 aliphatic rings. The van der Waals surface area contributed by atoms with E-state index < -0.39 is 34.9 Å². The van der Waals surface area contributed by atoms with Gasteiger partial charge in [0.1, 0.15) is 0 Å². The lowest BCUT2D eigenvalue weighted by atomic mass is 9.95. The number of ether oxygens (including phenoxy) is 1. The minimum atomic E-state index is -4.61. The number of aromatic amines is 1. The van der Waals surface area contributed by atoms with Gasteiger partial charge in [-0.25, -0.2) is 4.98 Å². The number of fused-ring (bicyclic) bond motifs is 1. The average molecular weight is 535 g/mol. The number of nitrogens with one attached hydrogen (secondary N) is 2. The first-order valence-corrected chi connectivity index (χ1v) is 11.1. The van der Waals surface area contributed by atoms with Gasteiger partial charge in [0.2, 0.25) is 0 Å². The number of rotatable bonds is 7. The molecule has 0 spiro atoms. The first kappa shape index (κ1) is 26.9. The summed E-state index contributed by atoms with van der Waals surface area (Å²) in [5, 5.41) is 2.69. The van der Waals surface area contributed by atoms with E-state index in [1.807, 2.05) is 0 Å². The smallest absolute Gasteiger partial charge is 0.375 e. The minimum absolute atomic E-state index is 0.00216. The summed E-state index contributed by atoms with van der Waals surface area (Å²) in [6.45, 7) is 0.0195. The molecule has 0 bridgehead atoms. The number of hydrogen-bond acceptors (Lipinski definition) is 4. The molecule has 2 N–H and O–H groups in total. The van der Waals surface area contributed by atoms with Crippen molar-refractivity contribution in [3.8, 4) is 11.1 Å². The number of halogens is 6. The Bertz CT molecular complexity index is 1510. The summed E-state index contributed by atoms with van der Waals surface area (Å²) in [6, 6.07) is 11.5. The molecule has 0 radical (unpaired) electrons. The fraction of sp³-hybridized carbons (Fsp3) is 0.192. The predicted octanol–water partition coefficient (Wildman–Crippen LogP) is 5.57. The van der Waals surface area contributed by atoms with Crippen LogP contribution in [-0.2, 0) is 23.7 Å². The Balaban J connectivity index is 1.50. The molecule has 1 aromatic heterocycles. The molecule has 4 aromatic rings. The summed E-state index contributed by atoms with van der Waals surface area (Å²) >= 11 is 0. The van der Waals surface area contributed by atoms with Gasteiger partial charge in [0, 0.05) is 12.1 Å². The number of carbonyl (C=O) groups is 1.